The topological polar surface area (TPSA) is 61.8 Å². The van der Waals surface area contributed by atoms with Gasteiger partial charge >= 0.3 is 0 Å². The molecule has 1 aliphatic rings. The molecule has 0 saturated carbocycles. The SMILES string of the molecule is CC(=O)Nc1ccc(/C=C2\C(=O)N(c3ccccc3)N=C2C)cc1. The first-order valence-electron chi connectivity index (χ1n) is 7.59. The summed E-state index contributed by atoms with van der Waals surface area (Å²) in [5, 5.41) is 8.47. The third-order valence-electron chi connectivity index (χ3n) is 3.61. The number of benzene rings is 2. The van der Waals surface area contributed by atoms with Gasteiger partial charge in [-0.1, -0.05) is 30.3 Å². The Balaban J connectivity index is 1.84. The van der Waals surface area contributed by atoms with E-state index < -0.39 is 0 Å². The predicted octanol–water partition coefficient (Wildman–Crippen LogP) is 3.45. The van der Waals surface area contributed by atoms with E-state index in [1.54, 1.807) is 12.1 Å². The van der Waals surface area contributed by atoms with Gasteiger partial charge in [0.05, 0.1) is 17.0 Å². The molecule has 5 nitrogen and oxygen atoms in total. The van der Waals surface area contributed by atoms with Crippen molar-refractivity contribution >= 4 is 35.0 Å². The Labute approximate surface area is 140 Å². The second kappa shape index (κ2) is 6.50. The van der Waals surface area contributed by atoms with E-state index in [0.717, 1.165) is 16.9 Å². The van der Waals surface area contributed by atoms with Gasteiger partial charge in [-0.25, -0.2) is 0 Å². The highest BCUT2D eigenvalue weighted by molar-refractivity contribution is 6.32. The van der Waals surface area contributed by atoms with E-state index in [-0.39, 0.29) is 11.8 Å². The zero-order valence-electron chi connectivity index (χ0n) is 13.5. The van der Waals surface area contributed by atoms with Gasteiger partial charge in [0, 0.05) is 12.6 Å². The van der Waals surface area contributed by atoms with Crippen molar-refractivity contribution in [2.24, 2.45) is 5.10 Å². The van der Waals surface area contributed by atoms with Crippen LogP contribution in [-0.4, -0.2) is 17.5 Å². The molecular formula is C19H17N3O2. The van der Waals surface area contributed by atoms with Crippen LogP contribution in [0.2, 0.25) is 0 Å². The number of para-hydroxylation sites is 1. The molecular weight excluding hydrogens is 302 g/mol. The van der Waals surface area contributed by atoms with Crippen LogP contribution in [0.5, 0.6) is 0 Å². The molecule has 0 atom stereocenters. The van der Waals surface area contributed by atoms with Crippen molar-refractivity contribution in [2.45, 2.75) is 13.8 Å². The molecule has 1 heterocycles. The Morgan fingerprint density at radius 3 is 2.38 bits per heavy atom. The van der Waals surface area contributed by atoms with Gasteiger partial charge in [0.25, 0.3) is 5.91 Å². The minimum Gasteiger partial charge on any atom is -0.326 e. The van der Waals surface area contributed by atoms with Gasteiger partial charge in [-0.05, 0) is 42.8 Å². The van der Waals surface area contributed by atoms with Crippen LogP contribution in [0.3, 0.4) is 0 Å². The van der Waals surface area contributed by atoms with Crippen LogP contribution in [-0.2, 0) is 9.59 Å². The summed E-state index contributed by atoms with van der Waals surface area (Å²) in [6.45, 7) is 3.28. The number of carbonyl (C=O) groups excluding carboxylic acids is 2. The van der Waals surface area contributed by atoms with E-state index >= 15 is 0 Å². The summed E-state index contributed by atoms with van der Waals surface area (Å²) in [7, 11) is 0. The van der Waals surface area contributed by atoms with Crippen molar-refractivity contribution in [3.63, 3.8) is 0 Å². The van der Waals surface area contributed by atoms with Crippen molar-refractivity contribution in [2.75, 3.05) is 10.3 Å². The Morgan fingerprint density at radius 1 is 1.08 bits per heavy atom. The minimum atomic E-state index is -0.148. The molecule has 0 unspecified atom stereocenters. The van der Waals surface area contributed by atoms with E-state index in [2.05, 4.69) is 10.4 Å². The van der Waals surface area contributed by atoms with Crippen LogP contribution in [0, 0.1) is 0 Å². The van der Waals surface area contributed by atoms with Gasteiger partial charge in [0.2, 0.25) is 5.91 Å². The van der Waals surface area contributed by atoms with Crippen LogP contribution in [0.1, 0.15) is 19.4 Å². The summed E-state index contributed by atoms with van der Waals surface area (Å²) in [6, 6.07) is 16.6. The highest BCUT2D eigenvalue weighted by Crippen LogP contribution is 2.24. The van der Waals surface area contributed by atoms with E-state index in [9.17, 15) is 9.59 Å². The first-order valence-corrected chi connectivity index (χ1v) is 7.59. The van der Waals surface area contributed by atoms with Crippen LogP contribution >= 0.6 is 0 Å². The Hall–Kier alpha value is -3.21. The maximum absolute atomic E-state index is 12.6. The fourth-order valence-electron chi connectivity index (χ4n) is 2.46. The molecule has 2 aromatic carbocycles. The number of nitrogens with one attached hydrogen (secondary N) is 1. The summed E-state index contributed by atoms with van der Waals surface area (Å²) in [5.74, 6) is -0.266. The Bertz CT molecular complexity index is 837. The molecule has 3 rings (SSSR count). The number of anilines is 2. The average Bonchev–Trinajstić information content (AvgIpc) is 2.85. The van der Waals surface area contributed by atoms with Gasteiger partial charge in [-0.3, -0.25) is 9.59 Å². The van der Waals surface area contributed by atoms with Gasteiger partial charge in [-0.2, -0.15) is 10.1 Å². The summed E-state index contributed by atoms with van der Waals surface area (Å²) in [6.07, 6.45) is 1.81. The quantitative estimate of drug-likeness (QED) is 0.881. The highest BCUT2D eigenvalue weighted by Gasteiger charge is 2.28. The van der Waals surface area contributed by atoms with Gasteiger partial charge in [0.1, 0.15) is 0 Å². The van der Waals surface area contributed by atoms with Crippen molar-refractivity contribution in [1.82, 2.24) is 0 Å². The molecule has 0 aromatic heterocycles. The monoisotopic (exact) mass is 319 g/mol. The molecule has 0 saturated heterocycles. The summed E-state index contributed by atoms with van der Waals surface area (Å²) >= 11 is 0. The normalized spacial score (nSPS) is 15.6. The standard InChI is InChI=1S/C19H17N3O2/c1-13-18(12-15-8-10-16(11-9-15)20-14(2)23)19(24)22(21-13)17-6-4-3-5-7-17/h3-12H,1-2H3,(H,20,23)/b18-12-. The molecule has 0 fully saturated rings. The first kappa shape index (κ1) is 15.7. The number of nitrogens with zero attached hydrogens (tertiary/aromatic N) is 2. The fourth-order valence-corrected chi connectivity index (χ4v) is 2.46. The summed E-state index contributed by atoms with van der Waals surface area (Å²) < 4.78 is 0. The number of carbonyl (C=O) groups is 2. The smallest absolute Gasteiger partial charge is 0.280 e. The molecule has 2 amide bonds. The van der Waals surface area contributed by atoms with E-state index in [0.29, 0.717) is 11.3 Å². The third kappa shape index (κ3) is 3.25. The molecule has 0 radical (unpaired) electrons. The van der Waals surface area contributed by atoms with E-state index in [1.165, 1.54) is 11.9 Å². The maximum Gasteiger partial charge on any atom is 0.280 e. The molecule has 5 heteroatoms. The molecule has 1 N–H and O–H groups in total. The van der Waals surface area contributed by atoms with Gasteiger partial charge in [0.15, 0.2) is 0 Å². The minimum absolute atomic E-state index is 0.117. The van der Waals surface area contributed by atoms with Crippen LogP contribution in [0.15, 0.2) is 65.3 Å². The van der Waals surface area contributed by atoms with E-state index in [1.807, 2.05) is 55.5 Å². The molecule has 2 aromatic rings. The zero-order valence-corrected chi connectivity index (χ0v) is 13.5. The number of hydrazone groups is 1. The molecule has 0 aliphatic carbocycles. The number of hydrogen-bond acceptors (Lipinski definition) is 3. The lowest BCUT2D eigenvalue weighted by Crippen LogP contribution is -2.21. The molecule has 24 heavy (non-hydrogen) atoms. The van der Waals surface area contributed by atoms with Crippen molar-refractivity contribution < 1.29 is 9.59 Å². The van der Waals surface area contributed by atoms with Crippen LogP contribution in [0.4, 0.5) is 11.4 Å². The Kier molecular flexibility index (Phi) is 4.24. The molecule has 120 valence electrons. The van der Waals surface area contributed by atoms with Crippen LogP contribution in [0.25, 0.3) is 6.08 Å². The second-order valence-electron chi connectivity index (χ2n) is 5.50. The maximum atomic E-state index is 12.6. The lowest BCUT2D eigenvalue weighted by atomic mass is 10.1. The van der Waals surface area contributed by atoms with Crippen molar-refractivity contribution in [1.29, 1.82) is 0 Å². The largest absolute Gasteiger partial charge is 0.326 e. The predicted molar refractivity (Wildman–Crippen MR) is 95.8 cm³/mol. The molecule has 0 spiro atoms. The molecule has 1 aliphatic heterocycles. The van der Waals surface area contributed by atoms with Gasteiger partial charge in [-0.15, -0.1) is 0 Å². The summed E-state index contributed by atoms with van der Waals surface area (Å²) in [4.78, 5) is 23.7. The lowest BCUT2D eigenvalue weighted by molar-refractivity contribution is -0.115. The number of rotatable bonds is 3. The second-order valence-corrected chi connectivity index (χ2v) is 5.50. The molecule has 0 bridgehead atoms. The average molecular weight is 319 g/mol. The highest BCUT2D eigenvalue weighted by atomic mass is 16.2. The summed E-state index contributed by atoms with van der Waals surface area (Å²) in [5.41, 5.74) is 3.57. The van der Waals surface area contributed by atoms with E-state index in [4.69, 9.17) is 0 Å². The number of amides is 2. The zero-order chi connectivity index (χ0) is 17.1. The van der Waals surface area contributed by atoms with Crippen molar-refractivity contribution in [3.05, 3.63) is 65.7 Å². The number of hydrogen-bond donors (Lipinski definition) is 1. The van der Waals surface area contributed by atoms with Crippen molar-refractivity contribution in [3.8, 4) is 0 Å². The first-order chi connectivity index (χ1) is 11.5. The van der Waals surface area contributed by atoms with Crippen LogP contribution < -0.4 is 10.3 Å². The lowest BCUT2D eigenvalue weighted by Gasteiger charge is -2.11. The Morgan fingerprint density at radius 2 is 1.75 bits per heavy atom. The fraction of sp³-hybridized carbons (Fsp3) is 0.105. The van der Waals surface area contributed by atoms with Gasteiger partial charge < -0.3 is 5.32 Å². The third-order valence-corrected chi connectivity index (χ3v) is 3.61.